The first-order chi connectivity index (χ1) is 20.7. The van der Waals surface area contributed by atoms with Gasteiger partial charge in [-0.3, -0.25) is 0 Å². The van der Waals surface area contributed by atoms with Crippen LogP contribution in [0.3, 0.4) is 0 Å². The topological polar surface area (TPSA) is 0 Å². The summed E-state index contributed by atoms with van der Waals surface area (Å²) >= 11 is 0. The maximum Gasteiger partial charge on any atom is -0.00877 e. The first-order valence-corrected chi connectivity index (χ1v) is 17.2. The minimum absolute atomic E-state index is 0.399. The minimum atomic E-state index is 0.399. The number of aryl methyl sites for hydroxylation is 3. The second kappa shape index (κ2) is 18.2. The van der Waals surface area contributed by atoms with E-state index in [-0.39, 0.29) is 0 Å². The molecule has 44 heavy (non-hydrogen) atoms. The van der Waals surface area contributed by atoms with E-state index >= 15 is 0 Å². The standard InChI is InChI=1S/C30H42.C10H12.2C2H6/c1-21-11-9-13-25(19-21)24(4)28-20-30(8,18-17-29(5,6)7)16-15-27(28)26-14-10-12-22(2)23(26)3;1-8(2)10-6-4-5-9(3)7-10;2*1-2/h9-14,19,27-28H,4,15-18,20H2,1-3,5-8H3;4-7H,1H2,2-3H3;2*1-2H3. The fourth-order valence-corrected chi connectivity index (χ4v) is 6.27. The third kappa shape index (κ3) is 11.9. The lowest BCUT2D eigenvalue weighted by molar-refractivity contribution is 0.132. The fraction of sp³-hybridized carbons (Fsp3) is 0.500. The third-order valence-corrected chi connectivity index (χ3v) is 9.13. The summed E-state index contributed by atoms with van der Waals surface area (Å²) in [5, 5.41) is 0. The smallest absolute Gasteiger partial charge is 0.00877 e. The molecule has 3 aromatic rings. The number of benzene rings is 3. The lowest BCUT2D eigenvalue weighted by atomic mass is 9.59. The lowest BCUT2D eigenvalue weighted by Gasteiger charge is -2.45. The Kier molecular flexibility index (Phi) is 16.2. The molecular formula is C44H66. The maximum atomic E-state index is 4.69. The molecule has 0 aliphatic heterocycles. The first-order valence-electron chi connectivity index (χ1n) is 17.2. The molecule has 1 fully saturated rings. The van der Waals surface area contributed by atoms with Gasteiger partial charge in [-0.15, -0.1) is 0 Å². The predicted molar refractivity (Wildman–Crippen MR) is 202 cm³/mol. The van der Waals surface area contributed by atoms with Crippen LogP contribution in [0, 0.1) is 44.4 Å². The highest BCUT2D eigenvalue weighted by Crippen LogP contribution is 2.54. The zero-order valence-corrected chi connectivity index (χ0v) is 31.0. The van der Waals surface area contributed by atoms with Gasteiger partial charge in [-0.1, -0.05) is 152 Å². The van der Waals surface area contributed by atoms with Crippen LogP contribution in [0.2, 0.25) is 0 Å². The predicted octanol–water partition coefficient (Wildman–Crippen LogP) is 14.1. The van der Waals surface area contributed by atoms with Crippen molar-refractivity contribution in [3.63, 3.8) is 0 Å². The van der Waals surface area contributed by atoms with Crippen LogP contribution in [0.1, 0.15) is 139 Å². The fourth-order valence-electron chi connectivity index (χ4n) is 6.27. The first kappa shape index (κ1) is 39.2. The highest BCUT2D eigenvalue weighted by atomic mass is 14.4. The van der Waals surface area contributed by atoms with Crippen molar-refractivity contribution in [3.05, 3.63) is 119 Å². The van der Waals surface area contributed by atoms with Gasteiger partial charge in [-0.25, -0.2) is 0 Å². The van der Waals surface area contributed by atoms with E-state index in [2.05, 4.69) is 129 Å². The van der Waals surface area contributed by atoms with Gasteiger partial charge in [0, 0.05) is 0 Å². The molecular weight excluding hydrogens is 528 g/mol. The maximum absolute atomic E-state index is 4.69. The summed E-state index contributed by atoms with van der Waals surface area (Å²) < 4.78 is 0. The van der Waals surface area contributed by atoms with Gasteiger partial charge in [0.15, 0.2) is 0 Å². The van der Waals surface area contributed by atoms with E-state index in [1.54, 1.807) is 5.56 Å². The highest BCUT2D eigenvalue weighted by molar-refractivity contribution is 5.67. The second-order valence-corrected chi connectivity index (χ2v) is 14.2. The molecule has 242 valence electrons. The van der Waals surface area contributed by atoms with Gasteiger partial charge in [0.1, 0.15) is 0 Å². The summed E-state index contributed by atoms with van der Waals surface area (Å²) in [6.45, 7) is 37.1. The van der Waals surface area contributed by atoms with Crippen LogP contribution in [-0.2, 0) is 0 Å². The zero-order chi connectivity index (χ0) is 33.7. The number of allylic oxidation sites excluding steroid dienone is 2. The number of hydrogen-bond donors (Lipinski definition) is 0. The van der Waals surface area contributed by atoms with Crippen molar-refractivity contribution < 1.29 is 0 Å². The molecule has 0 N–H and O–H groups in total. The molecule has 1 aliphatic rings. The summed E-state index contributed by atoms with van der Waals surface area (Å²) in [5.41, 5.74) is 12.9. The zero-order valence-electron chi connectivity index (χ0n) is 31.0. The van der Waals surface area contributed by atoms with Crippen molar-refractivity contribution in [3.8, 4) is 0 Å². The number of rotatable bonds is 6. The summed E-state index contributed by atoms with van der Waals surface area (Å²) in [4.78, 5) is 0. The summed E-state index contributed by atoms with van der Waals surface area (Å²) in [5.74, 6) is 1.08. The van der Waals surface area contributed by atoms with Crippen molar-refractivity contribution >= 4 is 11.1 Å². The second-order valence-electron chi connectivity index (χ2n) is 14.2. The third-order valence-electron chi connectivity index (χ3n) is 9.13. The molecule has 4 rings (SSSR count). The average molecular weight is 595 g/mol. The summed E-state index contributed by atoms with van der Waals surface area (Å²) in [6.07, 6.45) is 6.43. The Morgan fingerprint density at radius 2 is 1.32 bits per heavy atom. The van der Waals surface area contributed by atoms with E-state index in [1.165, 1.54) is 71.1 Å². The molecule has 0 heterocycles. The molecule has 1 saturated carbocycles. The molecule has 3 atom stereocenters. The van der Waals surface area contributed by atoms with Crippen LogP contribution in [0.4, 0.5) is 0 Å². The van der Waals surface area contributed by atoms with E-state index in [4.69, 9.17) is 6.58 Å². The van der Waals surface area contributed by atoms with Crippen molar-refractivity contribution in [1.82, 2.24) is 0 Å². The van der Waals surface area contributed by atoms with Gasteiger partial charge >= 0.3 is 0 Å². The van der Waals surface area contributed by atoms with Crippen molar-refractivity contribution in [2.75, 3.05) is 0 Å². The average Bonchev–Trinajstić information content (AvgIpc) is 2.99. The normalized spacial score (nSPS) is 19.2. The largest absolute Gasteiger partial charge is 0.0955 e. The molecule has 3 aromatic carbocycles. The molecule has 0 aromatic heterocycles. The minimum Gasteiger partial charge on any atom is -0.0955 e. The van der Waals surface area contributed by atoms with Gasteiger partial charge in [0.05, 0.1) is 0 Å². The van der Waals surface area contributed by atoms with Crippen LogP contribution in [0.25, 0.3) is 11.1 Å². The van der Waals surface area contributed by atoms with Gasteiger partial charge in [0.25, 0.3) is 0 Å². The monoisotopic (exact) mass is 595 g/mol. The molecule has 0 saturated heterocycles. The summed E-state index contributed by atoms with van der Waals surface area (Å²) in [6, 6.07) is 24.2. The van der Waals surface area contributed by atoms with E-state index < -0.39 is 0 Å². The van der Waals surface area contributed by atoms with Crippen molar-refractivity contribution in [2.24, 2.45) is 16.7 Å². The van der Waals surface area contributed by atoms with Gasteiger partial charge in [-0.05, 0) is 123 Å². The van der Waals surface area contributed by atoms with Gasteiger partial charge < -0.3 is 0 Å². The lowest BCUT2D eigenvalue weighted by Crippen LogP contribution is -2.32. The van der Waals surface area contributed by atoms with Crippen LogP contribution in [-0.4, -0.2) is 0 Å². The molecule has 0 bridgehead atoms. The van der Waals surface area contributed by atoms with Crippen molar-refractivity contribution in [2.45, 2.75) is 128 Å². The molecule has 0 heteroatoms. The Morgan fingerprint density at radius 1 is 0.795 bits per heavy atom. The van der Waals surface area contributed by atoms with E-state index in [9.17, 15) is 0 Å². The molecule has 0 spiro atoms. The summed E-state index contributed by atoms with van der Waals surface area (Å²) in [7, 11) is 0. The highest BCUT2D eigenvalue weighted by Gasteiger charge is 2.40. The Balaban J connectivity index is 0.000000578. The van der Waals surface area contributed by atoms with Crippen LogP contribution in [0.5, 0.6) is 0 Å². The van der Waals surface area contributed by atoms with Crippen molar-refractivity contribution in [1.29, 1.82) is 0 Å². The molecule has 0 radical (unpaired) electrons. The molecule has 1 aliphatic carbocycles. The number of hydrogen-bond acceptors (Lipinski definition) is 0. The Morgan fingerprint density at radius 3 is 1.82 bits per heavy atom. The Bertz CT molecular complexity index is 1310. The van der Waals surface area contributed by atoms with Crippen LogP contribution >= 0.6 is 0 Å². The molecule has 0 nitrogen and oxygen atoms in total. The Hall–Kier alpha value is -2.86. The van der Waals surface area contributed by atoms with Gasteiger partial charge in [0.2, 0.25) is 0 Å². The van der Waals surface area contributed by atoms with Crippen LogP contribution < -0.4 is 0 Å². The van der Waals surface area contributed by atoms with E-state index in [0.29, 0.717) is 22.7 Å². The Labute approximate surface area is 274 Å². The van der Waals surface area contributed by atoms with Crippen LogP contribution in [0.15, 0.2) is 79.9 Å². The molecule has 0 amide bonds. The molecule has 3 unspecified atom stereocenters. The van der Waals surface area contributed by atoms with E-state index in [1.807, 2.05) is 34.6 Å². The van der Waals surface area contributed by atoms with E-state index in [0.717, 1.165) is 5.57 Å². The SMILES string of the molecule is C=C(C)c1cccc(C)c1.C=C(c1cccc(C)c1)C1CC(C)(CCC(C)(C)C)CCC1c1cccc(C)c1C.CC.CC. The quantitative estimate of drug-likeness (QED) is 0.266. The van der Waals surface area contributed by atoms with Gasteiger partial charge in [-0.2, -0.15) is 0 Å².